The van der Waals surface area contributed by atoms with Gasteiger partial charge in [-0.15, -0.1) is 0 Å². The first kappa shape index (κ1) is 80.2. The Kier molecular flexibility index (Phi) is 60.7. The van der Waals surface area contributed by atoms with Gasteiger partial charge < -0.3 is 18.9 Å². The van der Waals surface area contributed by atoms with E-state index in [1.165, 1.54) is 116 Å². The topological polar surface area (TPSA) is 108 Å². The number of carbonyl (C=O) groups is 2. The van der Waals surface area contributed by atoms with Crippen LogP contribution in [0.3, 0.4) is 0 Å². The van der Waals surface area contributed by atoms with Crippen LogP contribution in [0.25, 0.3) is 0 Å². The predicted molar refractivity (Wildman–Crippen MR) is 362 cm³/mol. The summed E-state index contributed by atoms with van der Waals surface area (Å²) in [5, 5.41) is 0. The highest BCUT2D eigenvalue weighted by Crippen LogP contribution is 2.43. The number of ether oxygens (including phenoxy) is 2. The first-order chi connectivity index (χ1) is 41.0. The van der Waals surface area contributed by atoms with Gasteiger partial charge in [0, 0.05) is 12.8 Å². The number of esters is 2. The summed E-state index contributed by atoms with van der Waals surface area (Å²) in [6.07, 6.45) is 92.6. The molecule has 84 heavy (non-hydrogen) atoms. The van der Waals surface area contributed by atoms with E-state index in [2.05, 4.69) is 148 Å². The molecule has 480 valence electrons. The minimum absolute atomic E-state index is 0.0247. The van der Waals surface area contributed by atoms with E-state index in [0.717, 1.165) is 122 Å². The Balaban J connectivity index is 4.06. The fourth-order valence-electron chi connectivity index (χ4n) is 9.05. The Labute approximate surface area is 517 Å². The molecule has 0 fully saturated rings. The highest BCUT2D eigenvalue weighted by atomic mass is 31.2. The van der Waals surface area contributed by atoms with Crippen molar-refractivity contribution in [1.82, 2.24) is 0 Å². The van der Waals surface area contributed by atoms with Gasteiger partial charge in [-0.1, -0.05) is 282 Å². The third kappa shape index (κ3) is 67.3. The predicted octanol–water partition coefficient (Wildman–Crippen LogP) is 22.0. The van der Waals surface area contributed by atoms with Crippen molar-refractivity contribution in [2.45, 2.75) is 277 Å². The molecule has 0 aliphatic carbocycles. The summed E-state index contributed by atoms with van der Waals surface area (Å²) in [5.74, 6) is -0.810. The van der Waals surface area contributed by atoms with Crippen LogP contribution in [0.15, 0.2) is 134 Å². The maximum atomic E-state index is 12.9. The zero-order chi connectivity index (χ0) is 61.2. The van der Waals surface area contributed by atoms with Gasteiger partial charge in [-0.25, -0.2) is 4.57 Å². The molecule has 0 amide bonds. The second-order valence-corrected chi connectivity index (χ2v) is 24.9. The van der Waals surface area contributed by atoms with E-state index < -0.39 is 26.5 Å². The van der Waals surface area contributed by atoms with E-state index in [0.29, 0.717) is 17.4 Å². The molecule has 9 nitrogen and oxygen atoms in total. The van der Waals surface area contributed by atoms with Gasteiger partial charge in [-0.05, 0) is 109 Å². The van der Waals surface area contributed by atoms with Crippen LogP contribution in [-0.2, 0) is 32.7 Å². The molecule has 0 aliphatic heterocycles. The average molecular weight is 1190 g/mol. The van der Waals surface area contributed by atoms with Crippen LogP contribution in [0.5, 0.6) is 0 Å². The molecule has 0 rings (SSSR count). The van der Waals surface area contributed by atoms with E-state index in [9.17, 15) is 19.0 Å². The van der Waals surface area contributed by atoms with Crippen molar-refractivity contribution in [2.75, 3.05) is 47.5 Å². The van der Waals surface area contributed by atoms with Gasteiger partial charge in [0.2, 0.25) is 0 Å². The number of phosphoric acid groups is 1. The SMILES string of the molecule is CC/C=C\C/C=C\C/C=C\C/C=C\C/C=C\C/C=C\CCCCCCCCCCCCCCCCCCCCC(=O)OC(COC(=O)CCCCCCCCC/C=C\C/C=C\C/C=C\C/C=C\C/C=C\CC)COP(=O)(O)OCC[N+](C)(C)C. The molecule has 0 saturated heterocycles. The van der Waals surface area contributed by atoms with Crippen LogP contribution in [0.2, 0.25) is 0 Å². The quantitative estimate of drug-likeness (QED) is 0.0211. The summed E-state index contributed by atoms with van der Waals surface area (Å²) in [6, 6.07) is 0. The van der Waals surface area contributed by atoms with Crippen LogP contribution in [0.4, 0.5) is 0 Å². The van der Waals surface area contributed by atoms with Gasteiger partial charge in [0.15, 0.2) is 6.10 Å². The maximum Gasteiger partial charge on any atom is 0.472 e. The number of quaternary nitrogens is 1. The molecule has 0 aliphatic rings. The molecular weight excluding hydrogens is 1060 g/mol. The number of phosphoric ester groups is 1. The van der Waals surface area contributed by atoms with E-state index in [1.807, 2.05) is 21.1 Å². The number of hydrogen-bond acceptors (Lipinski definition) is 7. The summed E-state index contributed by atoms with van der Waals surface area (Å²) < 4.78 is 34.7. The summed E-state index contributed by atoms with van der Waals surface area (Å²) in [6.45, 7) is 4.20. The molecule has 0 aromatic rings. The summed E-state index contributed by atoms with van der Waals surface area (Å²) in [4.78, 5) is 35.8. The Morgan fingerprint density at radius 3 is 0.952 bits per heavy atom. The zero-order valence-corrected chi connectivity index (χ0v) is 55.5. The number of likely N-dealkylation sites (N-methyl/N-ethyl adjacent to an activating group) is 1. The van der Waals surface area contributed by atoms with Gasteiger partial charge >= 0.3 is 19.8 Å². The first-order valence-corrected chi connectivity index (χ1v) is 35.4. The Hall–Kier alpha value is -3.85. The van der Waals surface area contributed by atoms with Crippen molar-refractivity contribution < 1.29 is 42.1 Å². The fourth-order valence-corrected chi connectivity index (χ4v) is 9.79. The number of allylic oxidation sites excluding steroid dienone is 22. The lowest BCUT2D eigenvalue weighted by Gasteiger charge is -2.24. The smallest absolute Gasteiger partial charge is 0.462 e. The number of unbranched alkanes of at least 4 members (excludes halogenated alkanes) is 25. The van der Waals surface area contributed by atoms with Crippen molar-refractivity contribution in [3.63, 3.8) is 0 Å². The average Bonchev–Trinajstić information content (AvgIpc) is 3.61. The molecule has 0 radical (unpaired) electrons. The molecule has 0 aromatic carbocycles. The number of nitrogens with zero attached hydrogens (tertiary/aromatic N) is 1. The van der Waals surface area contributed by atoms with Gasteiger partial charge in [-0.3, -0.25) is 18.6 Å². The second-order valence-electron chi connectivity index (χ2n) is 23.4. The van der Waals surface area contributed by atoms with Crippen LogP contribution < -0.4 is 0 Å². The van der Waals surface area contributed by atoms with Gasteiger partial charge in [0.1, 0.15) is 19.8 Å². The van der Waals surface area contributed by atoms with Crippen molar-refractivity contribution in [3.8, 4) is 0 Å². The Morgan fingerprint density at radius 1 is 0.369 bits per heavy atom. The molecule has 2 atom stereocenters. The van der Waals surface area contributed by atoms with Gasteiger partial charge in [0.25, 0.3) is 0 Å². The lowest BCUT2D eigenvalue weighted by atomic mass is 10.0. The van der Waals surface area contributed by atoms with Crippen molar-refractivity contribution in [3.05, 3.63) is 134 Å². The van der Waals surface area contributed by atoms with Gasteiger partial charge in [-0.2, -0.15) is 0 Å². The zero-order valence-electron chi connectivity index (χ0n) is 54.6. The Morgan fingerprint density at radius 2 is 0.643 bits per heavy atom. The largest absolute Gasteiger partial charge is 0.472 e. The summed E-state index contributed by atoms with van der Waals surface area (Å²) >= 11 is 0. The lowest BCUT2D eigenvalue weighted by Crippen LogP contribution is -2.37. The highest BCUT2D eigenvalue weighted by Gasteiger charge is 2.27. The monoisotopic (exact) mass is 1190 g/mol. The normalized spacial score (nSPS) is 14.0. The molecular formula is C74H127NO8P+. The van der Waals surface area contributed by atoms with Crippen LogP contribution in [0.1, 0.15) is 271 Å². The molecule has 0 saturated carbocycles. The molecule has 0 heterocycles. The van der Waals surface area contributed by atoms with Gasteiger partial charge in [0.05, 0.1) is 27.7 Å². The Bertz CT molecular complexity index is 1880. The first-order valence-electron chi connectivity index (χ1n) is 33.9. The third-order valence-electron chi connectivity index (χ3n) is 14.2. The fraction of sp³-hybridized carbons (Fsp3) is 0.676. The second kappa shape index (κ2) is 63.6. The van der Waals surface area contributed by atoms with Crippen molar-refractivity contribution in [1.29, 1.82) is 0 Å². The third-order valence-corrected chi connectivity index (χ3v) is 15.2. The molecule has 1 N–H and O–H groups in total. The van der Waals surface area contributed by atoms with E-state index >= 15 is 0 Å². The number of rotatable bonds is 61. The molecule has 2 unspecified atom stereocenters. The van der Waals surface area contributed by atoms with Crippen LogP contribution in [-0.4, -0.2) is 74.9 Å². The molecule has 0 aromatic heterocycles. The minimum Gasteiger partial charge on any atom is -0.462 e. The summed E-state index contributed by atoms with van der Waals surface area (Å²) in [7, 11) is 1.46. The molecule has 0 spiro atoms. The standard InChI is InChI=1S/C74H126NO8P/c1-6-8-10-12-14-16-18-20-22-24-26-28-30-31-32-33-34-35-36-37-38-39-40-41-42-43-45-47-49-51-53-55-57-59-61-63-65-67-74(77)83-72(71-82-84(78,79)81-69-68-75(3,4)5)70-80-73(76)66-64-62-60-58-56-54-52-50-48-46-44-29-27-25-23-21-19-17-15-13-11-9-7-2/h8-11,14-17,20-23,26-29,31-32,34-35,46,48,72H,6-7,12-13,18-19,24-25,30,33,36-45,47,49-71H2,1-5H3/p+1/b10-8-,11-9-,16-14-,17-15-,22-20-,23-21-,28-26-,29-27-,32-31-,35-34-,48-46-. The molecule has 10 heteroatoms. The van der Waals surface area contributed by atoms with Crippen molar-refractivity contribution in [2.24, 2.45) is 0 Å². The summed E-state index contributed by atoms with van der Waals surface area (Å²) in [5.41, 5.74) is 0. The van der Waals surface area contributed by atoms with Crippen LogP contribution in [0, 0.1) is 0 Å². The van der Waals surface area contributed by atoms with E-state index in [4.69, 9.17) is 18.5 Å². The minimum atomic E-state index is -4.40. The highest BCUT2D eigenvalue weighted by molar-refractivity contribution is 7.47. The molecule has 0 bridgehead atoms. The number of carbonyl (C=O) groups excluding carboxylic acids is 2. The van der Waals surface area contributed by atoms with E-state index in [1.54, 1.807) is 0 Å². The number of hydrogen-bond donors (Lipinski definition) is 1. The maximum absolute atomic E-state index is 12.9. The van der Waals surface area contributed by atoms with Crippen molar-refractivity contribution >= 4 is 19.8 Å². The lowest BCUT2D eigenvalue weighted by molar-refractivity contribution is -0.870. The van der Waals surface area contributed by atoms with Crippen LogP contribution >= 0.6 is 7.82 Å². The van der Waals surface area contributed by atoms with E-state index in [-0.39, 0.29) is 32.0 Å².